The number of rotatable bonds is 2. The maximum atomic E-state index is 12.6. The zero-order chi connectivity index (χ0) is 23.5. The van der Waals surface area contributed by atoms with Gasteiger partial charge in [-0.1, -0.05) is 18.2 Å². The molecule has 170 valence electrons. The molecule has 0 aliphatic carbocycles. The summed E-state index contributed by atoms with van der Waals surface area (Å²) in [5.74, 6) is -2.65. The molecule has 1 N–H and O–H groups in total. The second-order valence-electron chi connectivity index (χ2n) is 7.99. The van der Waals surface area contributed by atoms with Crippen molar-refractivity contribution >= 4 is 23.5 Å². The molecule has 2 saturated heterocycles. The molecular weight excluding hydrogens is 427 g/mol. The van der Waals surface area contributed by atoms with Crippen LogP contribution in [0.5, 0.6) is 0 Å². The number of amides is 2. The molecule has 10 heteroatoms. The van der Waals surface area contributed by atoms with Gasteiger partial charge in [-0.3, -0.25) is 14.6 Å². The Balaban J connectivity index is 0.000000360. The Kier molecular flexibility index (Phi) is 6.52. The number of aryl methyl sites for hydroxylation is 1. The maximum Gasteiger partial charge on any atom is 0.490 e. The van der Waals surface area contributed by atoms with Crippen LogP contribution in [0, 0.1) is 12.3 Å². The lowest BCUT2D eigenvalue weighted by Crippen LogP contribution is -2.34. The zero-order valence-corrected chi connectivity index (χ0v) is 17.3. The Labute approximate surface area is 182 Å². The molecule has 32 heavy (non-hydrogen) atoms. The number of carboxylic acids is 1. The van der Waals surface area contributed by atoms with Crippen molar-refractivity contribution in [2.24, 2.45) is 5.41 Å². The SMILES string of the molecule is Cc1cccc(N2CC3(CCN(C(=O)c4ccccn4)C3)CC2=O)c1.O=C(O)C(F)(F)F. The van der Waals surface area contributed by atoms with Crippen LogP contribution in [0.25, 0.3) is 0 Å². The van der Waals surface area contributed by atoms with Crippen molar-refractivity contribution in [3.8, 4) is 0 Å². The average Bonchev–Trinajstić information content (AvgIpc) is 3.30. The number of pyridine rings is 1. The summed E-state index contributed by atoms with van der Waals surface area (Å²) in [4.78, 5) is 42.0. The van der Waals surface area contributed by atoms with Crippen LogP contribution >= 0.6 is 0 Å². The first-order chi connectivity index (χ1) is 15.0. The topological polar surface area (TPSA) is 90.8 Å². The van der Waals surface area contributed by atoms with E-state index in [0.29, 0.717) is 31.7 Å². The Bertz CT molecular complexity index is 1010. The van der Waals surface area contributed by atoms with Gasteiger partial charge in [-0.25, -0.2) is 4.79 Å². The number of halogens is 3. The minimum atomic E-state index is -5.08. The molecular formula is C22H22F3N3O4. The summed E-state index contributed by atoms with van der Waals surface area (Å²) in [5.41, 5.74) is 2.44. The molecule has 1 aromatic carbocycles. The molecule has 3 heterocycles. The van der Waals surface area contributed by atoms with Crippen LogP contribution in [-0.2, 0) is 9.59 Å². The van der Waals surface area contributed by atoms with Crippen molar-refractivity contribution < 1.29 is 32.7 Å². The molecule has 1 atom stereocenters. The van der Waals surface area contributed by atoms with Crippen molar-refractivity contribution in [1.82, 2.24) is 9.88 Å². The smallest absolute Gasteiger partial charge is 0.475 e. The quantitative estimate of drug-likeness (QED) is 0.760. The number of aliphatic carboxylic acids is 1. The van der Waals surface area contributed by atoms with Crippen LogP contribution in [0.1, 0.15) is 28.9 Å². The summed E-state index contributed by atoms with van der Waals surface area (Å²) in [6.45, 7) is 4.02. The first kappa shape index (κ1) is 23.2. The Hall–Kier alpha value is -3.43. The summed E-state index contributed by atoms with van der Waals surface area (Å²) in [5, 5.41) is 7.12. The number of carbonyl (C=O) groups excluding carboxylic acids is 2. The third-order valence-corrected chi connectivity index (χ3v) is 5.49. The number of hydrogen-bond donors (Lipinski definition) is 1. The summed E-state index contributed by atoms with van der Waals surface area (Å²) in [6, 6.07) is 13.4. The van der Waals surface area contributed by atoms with Gasteiger partial charge in [0.15, 0.2) is 0 Å². The van der Waals surface area contributed by atoms with Crippen LogP contribution in [0.15, 0.2) is 48.7 Å². The first-order valence-electron chi connectivity index (χ1n) is 9.88. The molecule has 2 amide bonds. The van der Waals surface area contributed by atoms with Crippen molar-refractivity contribution in [1.29, 1.82) is 0 Å². The summed E-state index contributed by atoms with van der Waals surface area (Å²) < 4.78 is 31.7. The molecule has 0 bridgehead atoms. The van der Waals surface area contributed by atoms with E-state index in [-0.39, 0.29) is 17.2 Å². The van der Waals surface area contributed by atoms with Crippen LogP contribution in [0.3, 0.4) is 0 Å². The maximum absolute atomic E-state index is 12.6. The van der Waals surface area contributed by atoms with Crippen LogP contribution in [-0.4, -0.2) is 58.6 Å². The first-order valence-corrected chi connectivity index (χ1v) is 9.88. The Morgan fingerprint density at radius 3 is 2.44 bits per heavy atom. The monoisotopic (exact) mass is 449 g/mol. The Morgan fingerprint density at radius 1 is 1.12 bits per heavy atom. The molecule has 0 radical (unpaired) electrons. The lowest BCUT2D eigenvalue weighted by atomic mass is 9.86. The van der Waals surface area contributed by atoms with Gasteiger partial charge >= 0.3 is 12.1 Å². The van der Waals surface area contributed by atoms with Gasteiger partial charge in [0.2, 0.25) is 5.91 Å². The van der Waals surface area contributed by atoms with Crippen LogP contribution in [0.4, 0.5) is 18.9 Å². The highest BCUT2D eigenvalue weighted by atomic mass is 19.4. The van der Waals surface area contributed by atoms with Gasteiger partial charge in [-0.2, -0.15) is 13.2 Å². The van der Waals surface area contributed by atoms with E-state index in [9.17, 15) is 22.8 Å². The highest BCUT2D eigenvalue weighted by Crippen LogP contribution is 2.42. The molecule has 1 spiro atoms. The molecule has 0 saturated carbocycles. The van der Waals surface area contributed by atoms with Crippen LogP contribution < -0.4 is 4.90 Å². The van der Waals surface area contributed by atoms with E-state index in [1.54, 1.807) is 18.3 Å². The lowest BCUT2D eigenvalue weighted by Gasteiger charge is -2.24. The van der Waals surface area contributed by atoms with Crippen molar-refractivity contribution in [2.75, 3.05) is 24.5 Å². The third-order valence-electron chi connectivity index (χ3n) is 5.49. The number of carbonyl (C=O) groups is 3. The van der Waals surface area contributed by atoms with Crippen molar-refractivity contribution in [3.63, 3.8) is 0 Å². The van der Waals surface area contributed by atoms with E-state index >= 15 is 0 Å². The summed E-state index contributed by atoms with van der Waals surface area (Å²) in [7, 11) is 0. The predicted molar refractivity (Wildman–Crippen MR) is 109 cm³/mol. The summed E-state index contributed by atoms with van der Waals surface area (Å²) >= 11 is 0. The fourth-order valence-corrected chi connectivity index (χ4v) is 3.96. The van der Waals surface area contributed by atoms with Crippen LogP contribution in [0.2, 0.25) is 0 Å². The molecule has 2 aliphatic heterocycles. The van der Waals surface area contributed by atoms with Gasteiger partial charge in [0.1, 0.15) is 5.69 Å². The fourth-order valence-electron chi connectivity index (χ4n) is 3.96. The minimum absolute atomic E-state index is 0.0427. The normalized spacial score (nSPS) is 20.3. The molecule has 2 aromatic rings. The molecule has 2 aliphatic rings. The minimum Gasteiger partial charge on any atom is -0.475 e. The van der Waals surface area contributed by atoms with E-state index < -0.39 is 12.1 Å². The second kappa shape index (κ2) is 8.97. The molecule has 7 nitrogen and oxygen atoms in total. The number of anilines is 1. The highest BCUT2D eigenvalue weighted by molar-refractivity contribution is 5.97. The zero-order valence-electron chi connectivity index (χ0n) is 17.3. The highest BCUT2D eigenvalue weighted by Gasteiger charge is 2.49. The van der Waals surface area contributed by atoms with E-state index in [0.717, 1.165) is 17.7 Å². The average molecular weight is 449 g/mol. The van der Waals surface area contributed by atoms with Gasteiger partial charge in [-0.05, 0) is 43.2 Å². The van der Waals surface area contributed by atoms with Gasteiger partial charge < -0.3 is 14.9 Å². The van der Waals surface area contributed by atoms with Gasteiger partial charge in [-0.15, -0.1) is 0 Å². The van der Waals surface area contributed by atoms with Crippen molar-refractivity contribution in [3.05, 3.63) is 59.9 Å². The number of nitrogens with zero attached hydrogens (tertiary/aromatic N) is 3. The standard InChI is InChI=1S/C20H21N3O2.C2HF3O2/c1-15-5-4-6-16(11-15)23-14-20(12-18(23)24)8-10-22(13-20)19(25)17-7-2-3-9-21-17;3-2(4,5)1(6)7/h2-7,9,11H,8,10,12-14H2,1H3;(H,6,7). The van der Waals surface area contributed by atoms with E-state index in [1.165, 1.54) is 0 Å². The third kappa shape index (κ3) is 5.24. The number of hydrogen-bond acceptors (Lipinski definition) is 4. The van der Waals surface area contributed by atoms with E-state index in [1.807, 2.05) is 47.1 Å². The lowest BCUT2D eigenvalue weighted by molar-refractivity contribution is -0.192. The molecule has 2 fully saturated rings. The number of benzene rings is 1. The molecule has 1 aromatic heterocycles. The largest absolute Gasteiger partial charge is 0.490 e. The second-order valence-corrected chi connectivity index (χ2v) is 7.99. The predicted octanol–water partition coefficient (Wildman–Crippen LogP) is 3.29. The van der Waals surface area contributed by atoms with Gasteiger partial charge in [0.25, 0.3) is 5.91 Å². The molecule has 1 unspecified atom stereocenters. The van der Waals surface area contributed by atoms with Crippen molar-refractivity contribution in [2.45, 2.75) is 25.9 Å². The number of aromatic nitrogens is 1. The van der Waals surface area contributed by atoms with E-state index in [2.05, 4.69) is 4.98 Å². The number of likely N-dealkylation sites (tertiary alicyclic amines) is 1. The van der Waals surface area contributed by atoms with Gasteiger partial charge in [0.05, 0.1) is 0 Å². The molecule has 4 rings (SSSR count). The van der Waals surface area contributed by atoms with E-state index in [4.69, 9.17) is 9.90 Å². The number of alkyl halides is 3. The summed E-state index contributed by atoms with van der Waals surface area (Å²) in [6.07, 6.45) is -2.08. The van der Waals surface area contributed by atoms with Gasteiger partial charge in [0, 0.05) is 43.4 Å². The Morgan fingerprint density at radius 2 is 1.84 bits per heavy atom. The fraction of sp³-hybridized carbons (Fsp3) is 0.364. The number of carboxylic acid groups (broad SMARTS) is 1.